The zero-order valence-corrected chi connectivity index (χ0v) is 12.3. The number of rotatable bonds is 5. The van der Waals surface area contributed by atoms with Crippen molar-refractivity contribution in [3.63, 3.8) is 0 Å². The van der Waals surface area contributed by atoms with Crippen LogP contribution in [0.15, 0.2) is 22.7 Å². The van der Waals surface area contributed by atoms with Crippen molar-refractivity contribution in [2.45, 2.75) is 19.9 Å². The summed E-state index contributed by atoms with van der Waals surface area (Å²) in [6.07, 6.45) is 0. The number of halogens is 1. The second-order valence-electron chi connectivity index (χ2n) is 4.27. The fourth-order valence-electron chi connectivity index (χ4n) is 1.40. The normalized spacial score (nSPS) is 13.8. The van der Waals surface area contributed by atoms with Gasteiger partial charge in [-0.2, -0.15) is 0 Å². The lowest BCUT2D eigenvalue weighted by Crippen LogP contribution is -2.38. The van der Waals surface area contributed by atoms with Crippen molar-refractivity contribution in [1.82, 2.24) is 5.32 Å². The largest absolute Gasteiger partial charge is 0.496 e. The van der Waals surface area contributed by atoms with Crippen LogP contribution in [-0.2, 0) is 0 Å². The monoisotopic (exact) mass is 315 g/mol. The molecule has 18 heavy (non-hydrogen) atoms. The molecule has 2 atom stereocenters. The topological polar surface area (TPSA) is 58.6 Å². The van der Waals surface area contributed by atoms with Crippen LogP contribution in [-0.4, -0.2) is 30.8 Å². The molecule has 0 saturated heterocycles. The first kappa shape index (κ1) is 15.0. The van der Waals surface area contributed by atoms with Crippen molar-refractivity contribution >= 4 is 21.8 Å². The first-order chi connectivity index (χ1) is 8.49. The highest BCUT2D eigenvalue weighted by Crippen LogP contribution is 2.25. The van der Waals surface area contributed by atoms with Crippen LogP contribution < -0.4 is 10.1 Å². The van der Waals surface area contributed by atoms with Crippen molar-refractivity contribution < 1.29 is 14.6 Å². The average molecular weight is 316 g/mol. The highest BCUT2D eigenvalue weighted by Gasteiger charge is 2.15. The van der Waals surface area contributed by atoms with Crippen molar-refractivity contribution in [3.8, 4) is 5.75 Å². The maximum Gasteiger partial charge on any atom is 0.251 e. The maximum absolute atomic E-state index is 12.0. The minimum atomic E-state index is -0.161. The molecular weight excluding hydrogens is 298 g/mol. The van der Waals surface area contributed by atoms with E-state index in [1.165, 1.54) is 0 Å². The molecule has 0 aliphatic rings. The molecule has 0 spiro atoms. The van der Waals surface area contributed by atoms with Crippen LogP contribution in [0.4, 0.5) is 0 Å². The molecule has 0 fully saturated rings. The molecule has 0 aliphatic heterocycles. The third-order valence-corrected chi connectivity index (χ3v) is 3.53. The molecule has 1 aromatic rings. The number of nitrogens with one attached hydrogen (secondary N) is 1. The Bertz CT molecular complexity index is 423. The zero-order chi connectivity index (χ0) is 13.7. The van der Waals surface area contributed by atoms with Crippen LogP contribution in [0.25, 0.3) is 0 Å². The van der Waals surface area contributed by atoms with Gasteiger partial charge in [0.25, 0.3) is 5.91 Å². The Kier molecular flexibility index (Phi) is 5.62. The second-order valence-corrected chi connectivity index (χ2v) is 5.13. The molecule has 1 amide bonds. The number of hydrogen-bond acceptors (Lipinski definition) is 3. The van der Waals surface area contributed by atoms with Gasteiger partial charge in [-0.3, -0.25) is 4.79 Å². The molecule has 1 aromatic carbocycles. The lowest BCUT2D eigenvalue weighted by atomic mass is 10.0. The zero-order valence-electron chi connectivity index (χ0n) is 10.7. The molecule has 1 rings (SSSR count). The quantitative estimate of drug-likeness (QED) is 0.875. The molecule has 2 unspecified atom stereocenters. The van der Waals surface area contributed by atoms with Crippen molar-refractivity contribution in [2.24, 2.45) is 5.92 Å². The summed E-state index contributed by atoms with van der Waals surface area (Å²) in [5.41, 5.74) is 0.555. The summed E-state index contributed by atoms with van der Waals surface area (Å²) >= 11 is 3.34. The minimum absolute atomic E-state index is 0.0237. The number of carbonyl (C=O) groups excluding carboxylic acids is 1. The van der Waals surface area contributed by atoms with Gasteiger partial charge in [0.05, 0.1) is 11.6 Å². The van der Waals surface area contributed by atoms with Gasteiger partial charge < -0.3 is 15.2 Å². The Balaban J connectivity index is 2.76. The fourth-order valence-corrected chi connectivity index (χ4v) is 1.94. The van der Waals surface area contributed by atoms with E-state index in [9.17, 15) is 4.79 Å². The van der Waals surface area contributed by atoms with Gasteiger partial charge in [0.15, 0.2) is 0 Å². The van der Waals surface area contributed by atoms with Crippen LogP contribution >= 0.6 is 15.9 Å². The van der Waals surface area contributed by atoms with Gasteiger partial charge in [-0.15, -0.1) is 0 Å². The van der Waals surface area contributed by atoms with Crippen LogP contribution in [0.1, 0.15) is 24.2 Å². The molecule has 5 heteroatoms. The predicted molar refractivity (Wildman–Crippen MR) is 73.9 cm³/mol. The molecule has 0 bridgehead atoms. The number of ether oxygens (including phenoxy) is 1. The van der Waals surface area contributed by atoms with Gasteiger partial charge in [0, 0.05) is 18.2 Å². The lowest BCUT2D eigenvalue weighted by molar-refractivity contribution is 0.0916. The van der Waals surface area contributed by atoms with E-state index in [1.54, 1.807) is 25.3 Å². The SMILES string of the molecule is COc1ccc(C(=O)NC(C)C(C)CO)cc1Br. The van der Waals surface area contributed by atoms with E-state index in [4.69, 9.17) is 9.84 Å². The first-order valence-electron chi connectivity index (χ1n) is 5.74. The predicted octanol–water partition coefficient (Wildman–Crippen LogP) is 2.20. The fraction of sp³-hybridized carbons (Fsp3) is 0.462. The molecule has 100 valence electrons. The van der Waals surface area contributed by atoms with Gasteiger partial charge in [0.1, 0.15) is 5.75 Å². The second kappa shape index (κ2) is 6.75. The number of methoxy groups -OCH3 is 1. The van der Waals surface area contributed by atoms with Gasteiger partial charge in [-0.25, -0.2) is 0 Å². The van der Waals surface area contributed by atoms with E-state index >= 15 is 0 Å². The highest BCUT2D eigenvalue weighted by atomic mass is 79.9. The van der Waals surface area contributed by atoms with Gasteiger partial charge in [-0.05, 0) is 47.0 Å². The standard InChI is InChI=1S/C13H18BrNO3/c1-8(7-16)9(2)15-13(17)10-4-5-12(18-3)11(14)6-10/h4-6,8-9,16H,7H2,1-3H3,(H,15,17). The Hall–Kier alpha value is -1.07. The third-order valence-electron chi connectivity index (χ3n) is 2.91. The molecule has 0 heterocycles. The van der Waals surface area contributed by atoms with E-state index in [1.807, 2.05) is 13.8 Å². The number of aliphatic hydroxyl groups is 1. The summed E-state index contributed by atoms with van der Waals surface area (Å²) in [5, 5.41) is 11.9. The Labute approximate surface area is 115 Å². The summed E-state index contributed by atoms with van der Waals surface area (Å²) in [6, 6.07) is 5.07. The number of benzene rings is 1. The van der Waals surface area contributed by atoms with Crippen LogP contribution in [0.3, 0.4) is 0 Å². The molecular formula is C13H18BrNO3. The summed E-state index contributed by atoms with van der Waals surface area (Å²) in [4.78, 5) is 12.0. The van der Waals surface area contributed by atoms with Gasteiger partial charge >= 0.3 is 0 Å². The third kappa shape index (κ3) is 3.71. The van der Waals surface area contributed by atoms with Gasteiger partial charge in [-0.1, -0.05) is 6.92 Å². The van der Waals surface area contributed by atoms with Crippen LogP contribution in [0.5, 0.6) is 5.75 Å². The molecule has 4 nitrogen and oxygen atoms in total. The first-order valence-corrected chi connectivity index (χ1v) is 6.54. The van der Waals surface area contributed by atoms with E-state index in [-0.39, 0.29) is 24.5 Å². The molecule has 0 aliphatic carbocycles. The molecule has 0 saturated carbocycles. The van der Waals surface area contributed by atoms with Crippen LogP contribution in [0, 0.1) is 5.92 Å². The van der Waals surface area contributed by atoms with Crippen molar-refractivity contribution in [3.05, 3.63) is 28.2 Å². The molecule has 0 radical (unpaired) electrons. The summed E-state index contributed by atoms with van der Waals surface area (Å²) in [6.45, 7) is 3.81. The smallest absolute Gasteiger partial charge is 0.251 e. The Morgan fingerprint density at radius 2 is 2.17 bits per heavy atom. The number of aliphatic hydroxyl groups excluding tert-OH is 1. The van der Waals surface area contributed by atoms with Crippen molar-refractivity contribution in [1.29, 1.82) is 0 Å². The summed E-state index contributed by atoms with van der Waals surface area (Å²) in [5.74, 6) is 0.546. The number of carbonyl (C=O) groups is 1. The summed E-state index contributed by atoms with van der Waals surface area (Å²) < 4.78 is 5.84. The number of hydrogen-bond donors (Lipinski definition) is 2. The van der Waals surface area contributed by atoms with Crippen LogP contribution in [0.2, 0.25) is 0 Å². The number of amides is 1. The Morgan fingerprint density at radius 3 is 2.67 bits per heavy atom. The summed E-state index contributed by atoms with van der Waals surface area (Å²) in [7, 11) is 1.57. The molecule has 2 N–H and O–H groups in total. The lowest BCUT2D eigenvalue weighted by Gasteiger charge is -2.19. The van der Waals surface area contributed by atoms with Gasteiger partial charge in [0.2, 0.25) is 0 Å². The van der Waals surface area contributed by atoms with E-state index in [0.717, 1.165) is 4.47 Å². The average Bonchev–Trinajstić information content (AvgIpc) is 2.37. The molecule has 0 aromatic heterocycles. The maximum atomic E-state index is 12.0. The minimum Gasteiger partial charge on any atom is -0.496 e. The Morgan fingerprint density at radius 1 is 1.50 bits per heavy atom. The van der Waals surface area contributed by atoms with E-state index < -0.39 is 0 Å². The van der Waals surface area contributed by atoms with E-state index in [0.29, 0.717) is 11.3 Å². The van der Waals surface area contributed by atoms with E-state index in [2.05, 4.69) is 21.2 Å². The van der Waals surface area contributed by atoms with Crippen molar-refractivity contribution in [2.75, 3.05) is 13.7 Å². The highest BCUT2D eigenvalue weighted by molar-refractivity contribution is 9.10.